The quantitative estimate of drug-likeness (QED) is 0.177. The number of carbonyl (C=O) groups excluding carboxylic acids is 2. The fourth-order valence-electron chi connectivity index (χ4n) is 4.17. The summed E-state index contributed by atoms with van der Waals surface area (Å²) in [5.74, 6) is -2.39. The molecule has 35 heavy (non-hydrogen) atoms. The molecule has 0 spiro atoms. The van der Waals surface area contributed by atoms with Gasteiger partial charge in [0.25, 0.3) is 0 Å². The molecular weight excluding hydrogens is 456 g/mol. The highest BCUT2D eigenvalue weighted by molar-refractivity contribution is 5.87. The van der Waals surface area contributed by atoms with E-state index in [1.54, 1.807) is 0 Å². The minimum absolute atomic E-state index is 0.153. The highest BCUT2D eigenvalue weighted by Gasteiger charge is 2.43. The van der Waals surface area contributed by atoms with E-state index >= 15 is 0 Å². The van der Waals surface area contributed by atoms with Crippen molar-refractivity contribution < 1.29 is 43.9 Å². The topological polar surface area (TPSA) is 140 Å². The van der Waals surface area contributed by atoms with Gasteiger partial charge in [0, 0.05) is 0 Å². The Morgan fingerprint density at radius 1 is 0.886 bits per heavy atom. The highest BCUT2D eigenvalue weighted by atomic mass is 16.7. The predicted molar refractivity (Wildman–Crippen MR) is 130 cm³/mol. The van der Waals surface area contributed by atoms with Crippen LogP contribution in [0.2, 0.25) is 0 Å². The lowest BCUT2D eigenvalue weighted by molar-refractivity contribution is -0.243. The zero-order valence-corrected chi connectivity index (χ0v) is 21.7. The van der Waals surface area contributed by atoms with Gasteiger partial charge in [-0.15, -0.1) is 0 Å². The van der Waals surface area contributed by atoms with Gasteiger partial charge in [-0.1, -0.05) is 71.6 Å². The zero-order chi connectivity index (χ0) is 26.2. The molecule has 0 aromatic carbocycles. The van der Waals surface area contributed by atoms with Gasteiger partial charge in [-0.05, 0) is 26.2 Å². The molecule has 6 atom stereocenters. The van der Waals surface area contributed by atoms with Crippen molar-refractivity contribution in [3.05, 3.63) is 0 Å². The molecule has 1 fully saturated rings. The summed E-state index contributed by atoms with van der Waals surface area (Å²) in [6.07, 6.45) is 4.00. The van der Waals surface area contributed by atoms with Crippen LogP contribution in [0.5, 0.6) is 0 Å². The monoisotopic (exact) mass is 502 g/mol. The van der Waals surface area contributed by atoms with Gasteiger partial charge in [0.1, 0.15) is 18.3 Å². The third kappa shape index (κ3) is 12.8. The summed E-state index contributed by atoms with van der Waals surface area (Å²) in [7, 11) is 0. The number of hydrogen-bond acceptors (Lipinski definition) is 8. The van der Waals surface area contributed by atoms with Crippen molar-refractivity contribution in [1.29, 1.82) is 0 Å². The SMILES string of the molecule is CCCCCCCC(CC(=O)O)OC(=O)CC(CCCCCCC)OC1OC(C)C(O)C(O)C1=O. The molecule has 3 N–H and O–H groups in total. The number of carbonyl (C=O) groups is 3. The number of aliphatic carboxylic acids is 1. The average molecular weight is 503 g/mol. The third-order valence-corrected chi connectivity index (χ3v) is 6.34. The Morgan fingerprint density at radius 3 is 1.97 bits per heavy atom. The molecule has 204 valence electrons. The van der Waals surface area contributed by atoms with Crippen LogP contribution >= 0.6 is 0 Å². The molecule has 1 heterocycles. The van der Waals surface area contributed by atoms with E-state index in [0.29, 0.717) is 12.8 Å². The number of rotatable bonds is 19. The van der Waals surface area contributed by atoms with Crippen LogP contribution in [0, 0.1) is 0 Å². The van der Waals surface area contributed by atoms with Crippen LogP contribution < -0.4 is 0 Å². The van der Waals surface area contributed by atoms with Gasteiger partial charge in [0.05, 0.1) is 25.0 Å². The van der Waals surface area contributed by atoms with Crippen molar-refractivity contribution in [3.63, 3.8) is 0 Å². The van der Waals surface area contributed by atoms with Gasteiger partial charge in [-0.2, -0.15) is 0 Å². The standard InChI is InChI=1S/C26H46O9/c1-4-6-8-10-12-14-19(16-21(27)28)34-22(29)17-20(15-13-11-9-7-5-2)35-26-25(32)24(31)23(30)18(3)33-26/h18-20,23-24,26,30-31H,4-17H2,1-3H3,(H,27,28). The first-order chi connectivity index (χ1) is 16.7. The van der Waals surface area contributed by atoms with E-state index in [-0.39, 0.29) is 12.8 Å². The maximum atomic E-state index is 12.7. The molecule has 0 amide bonds. The molecule has 1 aliphatic heterocycles. The number of aliphatic hydroxyl groups is 2. The predicted octanol–water partition coefficient (Wildman–Crippen LogP) is 3.90. The first-order valence-corrected chi connectivity index (χ1v) is 13.3. The summed E-state index contributed by atoms with van der Waals surface area (Å²) in [5.41, 5.74) is 0. The van der Waals surface area contributed by atoms with Gasteiger partial charge in [-0.25, -0.2) is 0 Å². The lowest BCUT2D eigenvalue weighted by atomic mass is 10.0. The van der Waals surface area contributed by atoms with Crippen LogP contribution in [0.3, 0.4) is 0 Å². The van der Waals surface area contributed by atoms with Crippen molar-refractivity contribution >= 4 is 17.7 Å². The first-order valence-electron chi connectivity index (χ1n) is 13.3. The van der Waals surface area contributed by atoms with Crippen molar-refractivity contribution in [1.82, 2.24) is 0 Å². The molecule has 0 aromatic heterocycles. The lowest BCUT2D eigenvalue weighted by Gasteiger charge is -2.35. The molecule has 9 nitrogen and oxygen atoms in total. The van der Waals surface area contributed by atoms with E-state index in [0.717, 1.165) is 64.2 Å². The highest BCUT2D eigenvalue weighted by Crippen LogP contribution is 2.23. The number of carboxylic acids is 1. The number of carboxylic acid groups (broad SMARTS) is 1. The van der Waals surface area contributed by atoms with Gasteiger partial charge in [0.15, 0.2) is 0 Å². The summed E-state index contributed by atoms with van der Waals surface area (Å²) in [6.45, 7) is 5.76. The number of esters is 1. The third-order valence-electron chi connectivity index (χ3n) is 6.34. The van der Waals surface area contributed by atoms with E-state index in [9.17, 15) is 29.7 Å². The number of hydrogen-bond donors (Lipinski definition) is 3. The van der Waals surface area contributed by atoms with E-state index in [4.69, 9.17) is 14.2 Å². The summed E-state index contributed by atoms with van der Waals surface area (Å²) in [4.78, 5) is 36.3. The van der Waals surface area contributed by atoms with Gasteiger partial charge in [0.2, 0.25) is 12.1 Å². The van der Waals surface area contributed by atoms with Gasteiger partial charge < -0.3 is 29.5 Å². The summed E-state index contributed by atoms with van der Waals surface area (Å²) in [6, 6.07) is 0. The van der Waals surface area contributed by atoms with Gasteiger partial charge in [-0.3, -0.25) is 14.4 Å². The fourth-order valence-corrected chi connectivity index (χ4v) is 4.17. The van der Waals surface area contributed by atoms with E-state index in [2.05, 4.69) is 13.8 Å². The maximum absolute atomic E-state index is 12.7. The van der Waals surface area contributed by atoms with Gasteiger partial charge >= 0.3 is 11.9 Å². The smallest absolute Gasteiger partial charge is 0.308 e. The number of Topliss-reactive ketones (excluding diaryl/α,β-unsaturated/α-hetero) is 1. The second-order valence-corrected chi connectivity index (χ2v) is 9.59. The van der Waals surface area contributed by atoms with E-state index in [1.807, 2.05) is 0 Å². The van der Waals surface area contributed by atoms with Crippen LogP contribution in [-0.2, 0) is 28.6 Å². The van der Waals surface area contributed by atoms with Crippen molar-refractivity contribution in [2.45, 2.75) is 147 Å². The average Bonchev–Trinajstić information content (AvgIpc) is 2.80. The number of unbranched alkanes of at least 4 members (excludes halogenated alkanes) is 8. The Labute approximate surface area is 209 Å². The molecule has 1 aliphatic rings. The minimum Gasteiger partial charge on any atom is -0.481 e. The normalized spacial score (nSPS) is 24.2. The Kier molecular flexibility index (Phi) is 16.0. The summed E-state index contributed by atoms with van der Waals surface area (Å²) < 4.78 is 16.7. The van der Waals surface area contributed by atoms with Crippen LogP contribution in [0.4, 0.5) is 0 Å². The Morgan fingerprint density at radius 2 is 1.43 bits per heavy atom. The molecule has 0 radical (unpaired) electrons. The largest absolute Gasteiger partial charge is 0.481 e. The van der Waals surface area contributed by atoms with E-state index in [1.165, 1.54) is 6.92 Å². The molecule has 0 aromatic rings. The molecular formula is C26H46O9. The van der Waals surface area contributed by atoms with Crippen molar-refractivity contribution in [2.24, 2.45) is 0 Å². The molecule has 9 heteroatoms. The first kappa shape index (κ1) is 31.5. The second kappa shape index (κ2) is 17.8. The summed E-state index contributed by atoms with van der Waals surface area (Å²) in [5, 5.41) is 29.1. The summed E-state index contributed by atoms with van der Waals surface area (Å²) >= 11 is 0. The molecule has 0 saturated carbocycles. The van der Waals surface area contributed by atoms with Crippen LogP contribution in [0.1, 0.15) is 111 Å². The molecule has 1 rings (SSSR count). The Bertz CT molecular complexity index is 624. The fraction of sp³-hybridized carbons (Fsp3) is 0.885. The lowest BCUT2D eigenvalue weighted by Crippen LogP contribution is -2.55. The number of ketones is 1. The number of ether oxygens (including phenoxy) is 3. The molecule has 0 bridgehead atoms. The molecule has 0 aliphatic carbocycles. The van der Waals surface area contributed by atoms with E-state index < -0.39 is 54.5 Å². The van der Waals surface area contributed by atoms with Crippen LogP contribution in [0.25, 0.3) is 0 Å². The van der Waals surface area contributed by atoms with Crippen molar-refractivity contribution in [2.75, 3.05) is 0 Å². The molecule has 6 unspecified atom stereocenters. The molecule has 1 saturated heterocycles. The van der Waals surface area contributed by atoms with Crippen LogP contribution in [-0.4, -0.2) is 69.9 Å². The maximum Gasteiger partial charge on any atom is 0.308 e. The van der Waals surface area contributed by atoms with Crippen molar-refractivity contribution in [3.8, 4) is 0 Å². The minimum atomic E-state index is -1.62. The Hall–Kier alpha value is -1.55. The second-order valence-electron chi connectivity index (χ2n) is 9.59. The zero-order valence-electron chi connectivity index (χ0n) is 21.7. The number of aliphatic hydroxyl groups excluding tert-OH is 2. The van der Waals surface area contributed by atoms with Crippen LogP contribution in [0.15, 0.2) is 0 Å². The Balaban J connectivity index is 2.73.